The van der Waals surface area contributed by atoms with E-state index in [1.165, 1.54) is 12.1 Å². The molecule has 0 atom stereocenters. The second-order valence-corrected chi connectivity index (χ2v) is 9.12. The molecule has 36 heavy (non-hydrogen) atoms. The summed E-state index contributed by atoms with van der Waals surface area (Å²) in [6, 6.07) is 24.2. The van der Waals surface area contributed by atoms with Crippen LogP contribution in [0.25, 0.3) is 22.9 Å². The number of aliphatic carboxylic acids is 1. The van der Waals surface area contributed by atoms with Crippen LogP contribution in [0, 0.1) is 5.82 Å². The number of hydrogen-bond acceptors (Lipinski definition) is 4. The van der Waals surface area contributed by atoms with Gasteiger partial charge in [0.2, 0.25) is 0 Å². The van der Waals surface area contributed by atoms with Gasteiger partial charge in [0.15, 0.2) is 5.17 Å². The summed E-state index contributed by atoms with van der Waals surface area (Å²) in [5.74, 6) is -2.05. The SMILES string of the molecule is O=C(O)Cc1ccc(N=C2NC(=O)C(=Cc3ccc(-c4ccc(-n5cccc5)cc4)cc3)S2)cc1F. The molecule has 0 aliphatic carbocycles. The molecule has 3 aromatic carbocycles. The molecular weight excluding hydrogens is 477 g/mol. The quantitative estimate of drug-likeness (QED) is 0.330. The van der Waals surface area contributed by atoms with Crippen molar-refractivity contribution in [3.8, 4) is 16.8 Å². The molecule has 0 spiro atoms. The van der Waals surface area contributed by atoms with E-state index >= 15 is 0 Å². The second-order valence-electron chi connectivity index (χ2n) is 8.09. The number of carboxylic acids is 1. The minimum absolute atomic E-state index is 0.0791. The Hall–Kier alpha value is -4.43. The van der Waals surface area contributed by atoms with Crippen molar-refractivity contribution >= 4 is 40.6 Å². The van der Waals surface area contributed by atoms with Gasteiger partial charge in [0.05, 0.1) is 17.0 Å². The molecule has 1 aliphatic heterocycles. The van der Waals surface area contributed by atoms with E-state index in [4.69, 9.17) is 5.11 Å². The summed E-state index contributed by atoms with van der Waals surface area (Å²) >= 11 is 1.16. The van der Waals surface area contributed by atoms with E-state index in [0.29, 0.717) is 10.1 Å². The van der Waals surface area contributed by atoms with E-state index in [1.54, 1.807) is 6.08 Å². The Balaban J connectivity index is 1.28. The van der Waals surface area contributed by atoms with Gasteiger partial charge in [-0.2, -0.15) is 0 Å². The number of amides is 1. The van der Waals surface area contributed by atoms with Crippen LogP contribution in [0.3, 0.4) is 0 Å². The summed E-state index contributed by atoms with van der Waals surface area (Å²) in [5, 5.41) is 11.8. The van der Waals surface area contributed by atoms with Gasteiger partial charge in [0.1, 0.15) is 5.82 Å². The van der Waals surface area contributed by atoms with E-state index in [1.807, 2.05) is 53.4 Å². The first-order valence-corrected chi connectivity index (χ1v) is 11.9. The largest absolute Gasteiger partial charge is 0.481 e. The van der Waals surface area contributed by atoms with E-state index in [-0.39, 0.29) is 17.2 Å². The molecule has 0 bridgehead atoms. The Morgan fingerprint density at radius 3 is 2.31 bits per heavy atom. The Labute approximate surface area is 210 Å². The normalized spacial score (nSPS) is 15.4. The van der Waals surface area contributed by atoms with E-state index in [9.17, 15) is 14.0 Å². The van der Waals surface area contributed by atoms with Gasteiger partial charge in [-0.05, 0) is 76.5 Å². The number of benzene rings is 3. The third kappa shape index (κ3) is 5.29. The van der Waals surface area contributed by atoms with Crippen LogP contribution in [0.1, 0.15) is 11.1 Å². The zero-order chi connectivity index (χ0) is 25.1. The van der Waals surface area contributed by atoms with Crippen molar-refractivity contribution in [2.45, 2.75) is 6.42 Å². The Bertz CT molecular complexity index is 1490. The first kappa shape index (κ1) is 23.3. The summed E-state index contributed by atoms with van der Waals surface area (Å²) in [7, 11) is 0. The second kappa shape index (κ2) is 10.1. The van der Waals surface area contributed by atoms with E-state index in [2.05, 4.69) is 34.6 Å². The predicted molar refractivity (Wildman–Crippen MR) is 140 cm³/mol. The molecule has 8 heteroatoms. The molecule has 1 amide bonds. The van der Waals surface area contributed by atoms with Gasteiger partial charge in [0.25, 0.3) is 5.91 Å². The number of nitrogens with zero attached hydrogens (tertiary/aromatic N) is 2. The summed E-state index contributed by atoms with van der Waals surface area (Å²) in [6.45, 7) is 0. The van der Waals surface area contributed by atoms with Crippen LogP contribution in [0.5, 0.6) is 0 Å². The zero-order valence-electron chi connectivity index (χ0n) is 18.9. The van der Waals surface area contributed by atoms with Crippen LogP contribution in [0.15, 0.2) is 101 Å². The maximum Gasteiger partial charge on any atom is 0.307 e. The van der Waals surface area contributed by atoms with Gasteiger partial charge in [-0.25, -0.2) is 9.38 Å². The van der Waals surface area contributed by atoms with Crippen LogP contribution in [-0.2, 0) is 16.0 Å². The molecule has 178 valence electrons. The van der Waals surface area contributed by atoms with Crippen LogP contribution in [0.4, 0.5) is 10.1 Å². The van der Waals surface area contributed by atoms with Crippen LogP contribution in [-0.4, -0.2) is 26.7 Å². The van der Waals surface area contributed by atoms with Crippen LogP contribution < -0.4 is 5.32 Å². The number of carbonyl (C=O) groups is 2. The molecule has 2 heterocycles. The topological polar surface area (TPSA) is 83.7 Å². The highest BCUT2D eigenvalue weighted by Crippen LogP contribution is 2.29. The lowest BCUT2D eigenvalue weighted by Gasteiger charge is -2.06. The maximum atomic E-state index is 14.1. The van der Waals surface area contributed by atoms with Gasteiger partial charge in [-0.15, -0.1) is 0 Å². The third-order valence-electron chi connectivity index (χ3n) is 5.57. The molecule has 5 rings (SSSR count). The first-order chi connectivity index (χ1) is 17.4. The lowest BCUT2D eigenvalue weighted by molar-refractivity contribution is -0.136. The fourth-order valence-corrected chi connectivity index (χ4v) is 4.61. The number of carboxylic acid groups (broad SMARTS) is 1. The van der Waals surface area contributed by atoms with Gasteiger partial charge in [-0.1, -0.05) is 42.5 Å². The lowest BCUT2D eigenvalue weighted by atomic mass is 10.0. The molecule has 1 aromatic heterocycles. The monoisotopic (exact) mass is 497 g/mol. The van der Waals surface area contributed by atoms with Gasteiger partial charge < -0.3 is 15.0 Å². The maximum absolute atomic E-state index is 14.1. The number of hydrogen-bond donors (Lipinski definition) is 2. The van der Waals surface area contributed by atoms with Crippen molar-refractivity contribution in [2.75, 3.05) is 0 Å². The highest BCUT2D eigenvalue weighted by atomic mass is 32.2. The summed E-state index contributed by atoms with van der Waals surface area (Å²) < 4.78 is 16.2. The van der Waals surface area contributed by atoms with Gasteiger partial charge in [0, 0.05) is 18.1 Å². The molecule has 1 fully saturated rings. The van der Waals surface area contributed by atoms with E-state index in [0.717, 1.165) is 40.2 Å². The summed E-state index contributed by atoms with van der Waals surface area (Å²) in [6.07, 6.45) is 5.37. The number of aliphatic imine (C=N–C) groups is 1. The Morgan fingerprint density at radius 2 is 1.67 bits per heavy atom. The number of aromatic nitrogens is 1. The van der Waals surface area contributed by atoms with Crippen LogP contribution in [0.2, 0.25) is 0 Å². The number of nitrogens with one attached hydrogen (secondary N) is 1. The molecule has 4 aromatic rings. The van der Waals surface area contributed by atoms with Gasteiger partial charge >= 0.3 is 5.97 Å². The molecule has 0 radical (unpaired) electrons. The smallest absolute Gasteiger partial charge is 0.307 e. The van der Waals surface area contributed by atoms with Gasteiger partial charge in [-0.3, -0.25) is 9.59 Å². The lowest BCUT2D eigenvalue weighted by Crippen LogP contribution is -2.19. The Morgan fingerprint density at radius 1 is 1.00 bits per heavy atom. The van der Waals surface area contributed by atoms with Crippen LogP contribution >= 0.6 is 11.8 Å². The Kier molecular flexibility index (Phi) is 6.51. The minimum atomic E-state index is -1.11. The zero-order valence-corrected chi connectivity index (χ0v) is 19.7. The van der Waals surface area contributed by atoms with E-state index < -0.39 is 18.2 Å². The highest BCUT2D eigenvalue weighted by Gasteiger charge is 2.24. The third-order valence-corrected chi connectivity index (χ3v) is 6.48. The summed E-state index contributed by atoms with van der Waals surface area (Å²) in [5.41, 5.74) is 4.48. The first-order valence-electron chi connectivity index (χ1n) is 11.1. The summed E-state index contributed by atoms with van der Waals surface area (Å²) in [4.78, 5) is 28.0. The van der Waals surface area contributed by atoms with Crippen molar-refractivity contribution in [1.82, 2.24) is 9.88 Å². The minimum Gasteiger partial charge on any atom is -0.481 e. The van der Waals surface area contributed by atoms with Crippen molar-refractivity contribution in [3.63, 3.8) is 0 Å². The molecule has 1 aliphatic rings. The average Bonchev–Trinajstić information content (AvgIpc) is 3.52. The van der Waals surface area contributed by atoms with Crippen molar-refractivity contribution in [3.05, 3.63) is 113 Å². The highest BCUT2D eigenvalue weighted by molar-refractivity contribution is 8.18. The molecule has 6 nitrogen and oxygen atoms in total. The number of thioether (sulfide) groups is 1. The molecule has 1 saturated heterocycles. The number of carbonyl (C=O) groups excluding carboxylic acids is 1. The number of amidine groups is 1. The van der Waals surface area contributed by atoms with Crippen molar-refractivity contribution in [2.24, 2.45) is 4.99 Å². The number of halogens is 1. The van der Waals surface area contributed by atoms with Crippen molar-refractivity contribution < 1.29 is 19.1 Å². The molecular formula is C28H20FN3O3S. The predicted octanol–water partition coefficient (Wildman–Crippen LogP) is 5.80. The van der Waals surface area contributed by atoms with Crippen molar-refractivity contribution in [1.29, 1.82) is 0 Å². The fourth-order valence-electron chi connectivity index (χ4n) is 3.77. The average molecular weight is 498 g/mol. The fraction of sp³-hybridized carbons (Fsp3) is 0.0357. The molecule has 0 saturated carbocycles. The molecule has 2 N–H and O–H groups in total. The standard InChI is InChI=1S/C28H20FN3O3S/c29-24-17-22(10-7-21(24)16-26(33)34)30-28-31-27(35)25(36-28)15-18-3-5-19(6-4-18)20-8-11-23(12-9-20)32-13-1-2-14-32/h1-15,17H,16H2,(H,33,34)(H,30,31,35). The number of rotatable bonds is 6. The molecule has 0 unspecified atom stereocenters.